The lowest BCUT2D eigenvalue weighted by Crippen LogP contribution is -2.49. The number of guanidine groups is 1. The third kappa shape index (κ3) is 7.59. The molecule has 136 valence electrons. The van der Waals surface area contributed by atoms with Crippen molar-refractivity contribution >= 4 is 29.9 Å². The predicted molar refractivity (Wildman–Crippen MR) is 111 cm³/mol. The van der Waals surface area contributed by atoms with Gasteiger partial charge in [-0.05, 0) is 51.5 Å². The van der Waals surface area contributed by atoms with Crippen LogP contribution in [0.15, 0.2) is 4.99 Å². The van der Waals surface area contributed by atoms with Gasteiger partial charge >= 0.3 is 0 Å². The Bertz CT molecular complexity index is 340. The zero-order chi connectivity index (χ0) is 15.8. The van der Waals surface area contributed by atoms with Crippen LogP contribution in [0.5, 0.6) is 0 Å². The molecular weight excluding hydrogens is 399 g/mol. The van der Waals surface area contributed by atoms with Gasteiger partial charge in [0.2, 0.25) is 0 Å². The first-order valence-corrected chi connectivity index (χ1v) is 9.56. The highest BCUT2D eigenvalue weighted by Crippen LogP contribution is 2.34. The van der Waals surface area contributed by atoms with Crippen molar-refractivity contribution in [2.24, 2.45) is 10.9 Å². The Hall–Kier alpha value is -0.0400. The monoisotopic (exact) mass is 436 g/mol. The van der Waals surface area contributed by atoms with E-state index in [2.05, 4.69) is 41.3 Å². The van der Waals surface area contributed by atoms with Crippen LogP contribution in [0.3, 0.4) is 0 Å². The summed E-state index contributed by atoms with van der Waals surface area (Å²) in [5.41, 5.74) is 0. The number of rotatable bonds is 8. The molecule has 2 atom stereocenters. The van der Waals surface area contributed by atoms with Crippen LogP contribution in [0.2, 0.25) is 0 Å². The summed E-state index contributed by atoms with van der Waals surface area (Å²) in [6.07, 6.45) is 9.11. The molecule has 1 aliphatic heterocycles. The number of nitrogens with one attached hydrogen (secondary N) is 2. The van der Waals surface area contributed by atoms with E-state index in [4.69, 9.17) is 0 Å². The molecule has 0 aromatic rings. The molecule has 0 spiro atoms. The molecule has 1 saturated carbocycles. The molecule has 1 heterocycles. The first-order valence-electron chi connectivity index (χ1n) is 9.56. The van der Waals surface area contributed by atoms with Gasteiger partial charge in [0.1, 0.15) is 0 Å². The van der Waals surface area contributed by atoms with E-state index in [-0.39, 0.29) is 24.0 Å². The number of likely N-dealkylation sites (tertiary alicyclic amines) is 1. The van der Waals surface area contributed by atoms with Crippen molar-refractivity contribution < 1.29 is 0 Å². The second-order valence-corrected chi connectivity index (χ2v) is 6.97. The molecule has 23 heavy (non-hydrogen) atoms. The first kappa shape index (κ1) is 21.0. The van der Waals surface area contributed by atoms with Gasteiger partial charge < -0.3 is 15.5 Å². The summed E-state index contributed by atoms with van der Waals surface area (Å²) < 4.78 is 0. The van der Waals surface area contributed by atoms with Crippen LogP contribution in [-0.4, -0.2) is 49.1 Å². The highest BCUT2D eigenvalue weighted by atomic mass is 127. The average Bonchev–Trinajstić information content (AvgIpc) is 3.25. The third-order valence-corrected chi connectivity index (χ3v) is 4.98. The summed E-state index contributed by atoms with van der Waals surface area (Å²) in [7, 11) is 0. The van der Waals surface area contributed by atoms with E-state index in [1.54, 1.807) is 0 Å². The number of hydrogen-bond donors (Lipinski definition) is 2. The Morgan fingerprint density at radius 1 is 1.09 bits per heavy atom. The fraction of sp³-hybridized carbons (Fsp3) is 0.944. The van der Waals surface area contributed by atoms with Crippen LogP contribution in [0.4, 0.5) is 0 Å². The van der Waals surface area contributed by atoms with Gasteiger partial charge in [0.05, 0.1) is 0 Å². The molecule has 4 nitrogen and oxygen atoms in total. The van der Waals surface area contributed by atoms with E-state index in [0.29, 0.717) is 12.1 Å². The summed E-state index contributed by atoms with van der Waals surface area (Å²) in [6, 6.07) is 1.27. The lowest BCUT2D eigenvalue weighted by Gasteiger charge is -2.33. The molecule has 1 aliphatic carbocycles. The quantitative estimate of drug-likeness (QED) is 0.347. The van der Waals surface area contributed by atoms with Crippen LogP contribution < -0.4 is 10.6 Å². The highest BCUT2D eigenvalue weighted by Gasteiger charge is 2.36. The Morgan fingerprint density at radius 2 is 1.83 bits per heavy atom. The number of nitrogens with zero attached hydrogens (tertiary/aromatic N) is 2. The minimum absolute atomic E-state index is 0. The molecular formula is C18H37IN4. The van der Waals surface area contributed by atoms with Crippen LogP contribution in [-0.2, 0) is 0 Å². The standard InChI is InChI=1S/C18H36N4.HI/c1-4-7-11-22-12-9-16(10-13-22)20-18(19-6-3)21-17-14-15(17)8-5-2;/h15-17H,4-14H2,1-3H3,(H2,19,20,21);1H. The van der Waals surface area contributed by atoms with Gasteiger partial charge in [-0.2, -0.15) is 0 Å². The molecule has 0 amide bonds. The average molecular weight is 436 g/mol. The van der Waals surface area contributed by atoms with Crippen LogP contribution >= 0.6 is 24.0 Å². The van der Waals surface area contributed by atoms with Crippen LogP contribution in [0.1, 0.15) is 65.7 Å². The van der Waals surface area contributed by atoms with Gasteiger partial charge in [0, 0.05) is 31.7 Å². The molecule has 0 radical (unpaired) electrons. The summed E-state index contributed by atoms with van der Waals surface area (Å²) in [6.45, 7) is 11.3. The SMILES string of the molecule is CCCCN1CCC(NC(=NCC)NC2CC2CCC)CC1.I. The molecule has 0 bridgehead atoms. The van der Waals surface area contributed by atoms with E-state index in [9.17, 15) is 0 Å². The first-order chi connectivity index (χ1) is 10.8. The molecule has 0 aromatic carbocycles. The third-order valence-electron chi connectivity index (χ3n) is 4.98. The molecule has 1 saturated heterocycles. The van der Waals surface area contributed by atoms with Crippen molar-refractivity contribution in [2.45, 2.75) is 77.8 Å². The Balaban J connectivity index is 0.00000264. The van der Waals surface area contributed by atoms with E-state index in [1.807, 2.05) is 0 Å². The normalized spacial score (nSPS) is 25.8. The largest absolute Gasteiger partial charge is 0.354 e. The second-order valence-electron chi connectivity index (χ2n) is 6.97. The smallest absolute Gasteiger partial charge is 0.191 e. The maximum atomic E-state index is 4.64. The Kier molecular flexibility index (Phi) is 10.5. The van der Waals surface area contributed by atoms with Gasteiger partial charge in [-0.1, -0.05) is 26.7 Å². The lowest BCUT2D eigenvalue weighted by molar-refractivity contribution is 0.203. The summed E-state index contributed by atoms with van der Waals surface area (Å²) in [5.74, 6) is 1.93. The van der Waals surface area contributed by atoms with Crippen molar-refractivity contribution in [3.63, 3.8) is 0 Å². The van der Waals surface area contributed by atoms with Crippen molar-refractivity contribution in [1.29, 1.82) is 0 Å². The number of hydrogen-bond acceptors (Lipinski definition) is 2. The van der Waals surface area contributed by atoms with Gasteiger partial charge in [0.25, 0.3) is 0 Å². The maximum Gasteiger partial charge on any atom is 0.191 e. The second kappa shape index (κ2) is 11.5. The van der Waals surface area contributed by atoms with Crippen molar-refractivity contribution in [1.82, 2.24) is 15.5 Å². The Labute approximate surface area is 160 Å². The summed E-state index contributed by atoms with van der Waals surface area (Å²) in [4.78, 5) is 7.26. The van der Waals surface area contributed by atoms with E-state index in [0.717, 1.165) is 18.4 Å². The van der Waals surface area contributed by atoms with Gasteiger partial charge in [-0.15, -0.1) is 24.0 Å². The molecule has 2 aliphatic rings. The molecule has 5 heteroatoms. The predicted octanol–water partition coefficient (Wildman–Crippen LogP) is 3.61. The highest BCUT2D eigenvalue weighted by molar-refractivity contribution is 14.0. The fourth-order valence-electron chi connectivity index (χ4n) is 3.46. The minimum atomic E-state index is 0. The summed E-state index contributed by atoms with van der Waals surface area (Å²) >= 11 is 0. The van der Waals surface area contributed by atoms with E-state index in [1.165, 1.54) is 64.6 Å². The minimum Gasteiger partial charge on any atom is -0.354 e. The molecule has 0 aromatic heterocycles. The zero-order valence-corrected chi connectivity index (χ0v) is 17.6. The van der Waals surface area contributed by atoms with Gasteiger partial charge in [-0.25, -0.2) is 0 Å². The summed E-state index contributed by atoms with van der Waals surface area (Å²) in [5, 5.41) is 7.32. The van der Waals surface area contributed by atoms with Crippen molar-refractivity contribution in [3.05, 3.63) is 0 Å². The Morgan fingerprint density at radius 3 is 2.43 bits per heavy atom. The van der Waals surface area contributed by atoms with Crippen LogP contribution in [0, 0.1) is 5.92 Å². The lowest BCUT2D eigenvalue weighted by atomic mass is 10.0. The molecule has 2 fully saturated rings. The van der Waals surface area contributed by atoms with Crippen LogP contribution in [0.25, 0.3) is 0 Å². The number of halogens is 1. The molecule has 2 unspecified atom stereocenters. The maximum absolute atomic E-state index is 4.64. The number of piperidine rings is 1. The zero-order valence-electron chi connectivity index (χ0n) is 15.3. The van der Waals surface area contributed by atoms with Gasteiger partial charge in [-0.3, -0.25) is 4.99 Å². The van der Waals surface area contributed by atoms with E-state index < -0.39 is 0 Å². The molecule has 2 rings (SSSR count). The van der Waals surface area contributed by atoms with Crippen molar-refractivity contribution in [3.8, 4) is 0 Å². The van der Waals surface area contributed by atoms with Crippen molar-refractivity contribution in [2.75, 3.05) is 26.2 Å². The van der Waals surface area contributed by atoms with E-state index >= 15 is 0 Å². The topological polar surface area (TPSA) is 39.7 Å². The number of aliphatic imine (C=N–C) groups is 1. The fourth-order valence-corrected chi connectivity index (χ4v) is 3.46. The molecule has 2 N–H and O–H groups in total. The van der Waals surface area contributed by atoms with Gasteiger partial charge in [0.15, 0.2) is 5.96 Å². The number of unbranched alkanes of at least 4 members (excludes halogenated alkanes) is 1.